The molecule has 0 radical (unpaired) electrons. The number of carbonyl (C=O) groups excluding carboxylic acids is 1. The van der Waals surface area contributed by atoms with Crippen molar-refractivity contribution in [2.24, 2.45) is 0 Å². The van der Waals surface area contributed by atoms with Crippen molar-refractivity contribution in [1.82, 2.24) is 5.48 Å². The average Bonchev–Trinajstić information content (AvgIpc) is 3.18. The molecule has 0 saturated carbocycles. The molecule has 3 rings (SSSR count). The van der Waals surface area contributed by atoms with Crippen LogP contribution in [0.4, 0.5) is 0 Å². The molecule has 2 aromatic rings. The average molecular weight is 661 g/mol. The summed E-state index contributed by atoms with van der Waals surface area (Å²) in [6.07, 6.45) is 0.335. The van der Waals surface area contributed by atoms with Gasteiger partial charge in [0.15, 0.2) is 0 Å². The number of hydrogen-bond donors (Lipinski definition) is 3. The number of rotatable bonds is 8. The molecule has 8 nitrogen and oxygen atoms in total. The van der Waals surface area contributed by atoms with Crippen LogP contribution in [-0.4, -0.2) is 41.8 Å². The van der Waals surface area contributed by atoms with Gasteiger partial charge in [-0.25, -0.2) is 4.89 Å². The Hall–Kier alpha value is -1.93. The Labute approximate surface area is 224 Å². The molecule has 1 unspecified atom stereocenters. The third-order valence-corrected chi connectivity index (χ3v) is 4.13. The minimum atomic E-state index is -1.01. The zero-order valence-electron chi connectivity index (χ0n) is 21.6. The number of carboxylic acid groups (broad SMARTS) is 1. The predicted molar refractivity (Wildman–Crippen MR) is 136 cm³/mol. The maximum absolute atomic E-state index is 11.3. The number of fused-ring (bicyclic) bond motifs is 3. The molecule has 1 atom stereocenters. The second-order valence-corrected chi connectivity index (χ2v) is 6.81. The fourth-order valence-corrected chi connectivity index (χ4v) is 2.97. The number of aliphatic carboxylic acids is 1. The summed E-state index contributed by atoms with van der Waals surface area (Å²) in [6.45, 7) is 13.8. The molecule has 0 amide bonds. The van der Waals surface area contributed by atoms with Crippen molar-refractivity contribution in [2.45, 2.75) is 72.6 Å². The summed E-state index contributed by atoms with van der Waals surface area (Å²) in [7, 11) is 0. The molecule has 35 heavy (non-hydrogen) atoms. The number of benzene rings is 2. The Morgan fingerprint density at radius 2 is 1.40 bits per heavy atom. The minimum absolute atomic E-state index is 0. The summed E-state index contributed by atoms with van der Waals surface area (Å²) in [5.41, 5.74) is 13.5. The number of hydroxylamine groups is 1. The van der Waals surface area contributed by atoms with Crippen LogP contribution in [0.15, 0.2) is 48.5 Å². The zero-order valence-corrected chi connectivity index (χ0v) is 24.5. The van der Waals surface area contributed by atoms with Gasteiger partial charge in [0.1, 0.15) is 18.9 Å². The van der Waals surface area contributed by atoms with Crippen molar-refractivity contribution in [3.63, 3.8) is 0 Å². The van der Waals surface area contributed by atoms with Crippen LogP contribution < -0.4 is 5.48 Å². The van der Waals surface area contributed by atoms with E-state index in [1.54, 1.807) is 0 Å². The first kappa shape index (κ1) is 37.6. The van der Waals surface area contributed by atoms with E-state index in [4.69, 9.17) is 20.6 Å². The molecule has 2 aromatic carbocycles. The Bertz CT molecular complexity index is 744. The van der Waals surface area contributed by atoms with Gasteiger partial charge in [-0.2, -0.15) is 5.48 Å². The van der Waals surface area contributed by atoms with Gasteiger partial charge in [0.25, 0.3) is 0 Å². The first-order chi connectivity index (χ1) is 16.5. The normalized spacial score (nSPS) is 11.2. The summed E-state index contributed by atoms with van der Waals surface area (Å²) in [6, 6.07) is 15.1. The van der Waals surface area contributed by atoms with Crippen LogP contribution in [0.5, 0.6) is 0 Å². The zero-order chi connectivity index (χ0) is 26.5. The van der Waals surface area contributed by atoms with E-state index < -0.39 is 12.0 Å². The van der Waals surface area contributed by atoms with Gasteiger partial charge in [-0.3, -0.25) is 14.9 Å². The molecule has 0 fully saturated rings. The van der Waals surface area contributed by atoms with Crippen molar-refractivity contribution in [3.8, 4) is 11.1 Å². The number of carbonyl (C=O) groups is 2. The smallest absolute Gasteiger partial charge is 0.323 e. The monoisotopic (exact) mass is 661 g/mol. The van der Waals surface area contributed by atoms with Gasteiger partial charge in [-0.05, 0) is 35.1 Å². The van der Waals surface area contributed by atoms with Crippen LogP contribution in [0.2, 0.25) is 0 Å². The molecule has 0 heterocycles. The summed E-state index contributed by atoms with van der Waals surface area (Å²) in [5.74, 6) is -1.01. The van der Waals surface area contributed by atoms with Crippen LogP contribution in [0, 0.1) is 0 Å². The van der Waals surface area contributed by atoms with Crippen LogP contribution >= 0.6 is 0 Å². The summed E-state index contributed by atoms with van der Waals surface area (Å²) in [5, 5.41) is 17.6. The van der Waals surface area contributed by atoms with E-state index in [2.05, 4.69) is 10.4 Å². The number of carboxylic acids is 1. The largest absolute Gasteiger partial charge is 0.675 e. The Balaban J connectivity index is -0.000000816. The minimum Gasteiger partial charge on any atom is -0.675 e. The molecule has 4 N–H and O–H groups in total. The standard InChI is InChI=1S/C18H19NO5.C3H8N.2C2H6.CH2O.W/c20-18(21)16(10-5-11-23-22)19-24-17-14-8-3-1-6-12(14)13-7-2-4-9-15(13)17;1-3(2)4;3*1-2;/h1-4,6-9,16-17,19,22H,5,10-11H2,(H,20,21);3-4H,1-2H3;2*1-2H3;1H2;/q;-1;;;;. The molecule has 0 saturated heterocycles. The third kappa shape index (κ3) is 13.7. The second-order valence-electron chi connectivity index (χ2n) is 6.81. The maximum atomic E-state index is 11.3. The van der Waals surface area contributed by atoms with Crippen molar-refractivity contribution in [3.05, 3.63) is 65.4 Å². The molecule has 0 spiro atoms. The molecular weight excluding hydrogens is 620 g/mol. The molecule has 1 aliphatic carbocycles. The van der Waals surface area contributed by atoms with E-state index in [-0.39, 0.29) is 46.2 Å². The second kappa shape index (κ2) is 23.8. The fourth-order valence-electron chi connectivity index (χ4n) is 2.97. The van der Waals surface area contributed by atoms with Crippen molar-refractivity contribution >= 4 is 12.8 Å². The van der Waals surface area contributed by atoms with Crippen molar-refractivity contribution in [2.75, 3.05) is 6.61 Å². The van der Waals surface area contributed by atoms with Gasteiger partial charge in [0, 0.05) is 21.1 Å². The Kier molecular flexibility index (Phi) is 25.6. The van der Waals surface area contributed by atoms with Crippen LogP contribution in [-0.2, 0) is 40.4 Å². The predicted octanol–water partition coefficient (Wildman–Crippen LogP) is 6.31. The van der Waals surface area contributed by atoms with Crippen LogP contribution in [0.1, 0.15) is 71.6 Å². The molecular formula is C26H41N2O6W-. The van der Waals surface area contributed by atoms with E-state index >= 15 is 0 Å². The van der Waals surface area contributed by atoms with Gasteiger partial charge in [0.2, 0.25) is 0 Å². The molecule has 0 aromatic heterocycles. The van der Waals surface area contributed by atoms with Crippen molar-refractivity contribution in [1.29, 1.82) is 0 Å². The maximum Gasteiger partial charge on any atom is 0.323 e. The van der Waals surface area contributed by atoms with E-state index in [9.17, 15) is 9.90 Å². The molecule has 1 aliphatic rings. The van der Waals surface area contributed by atoms with E-state index in [1.807, 2.05) is 96.9 Å². The summed E-state index contributed by atoms with van der Waals surface area (Å²) in [4.78, 5) is 29.1. The Morgan fingerprint density at radius 3 is 1.77 bits per heavy atom. The van der Waals surface area contributed by atoms with E-state index in [0.29, 0.717) is 6.42 Å². The third-order valence-electron chi connectivity index (χ3n) is 4.13. The topological polar surface area (TPSA) is 129 Å². The molecule has 0 aliphatic heterocycles. The van der Waals surface area contributed by atoms with Gasteiger partial charge in [-0.1, -0.05) is 90.1 Å². The summed E-state index contributed by atoms with van der Waals surface area (Å²) >= 11 is 0. The first-order valence-corrected chi connectivity index (χ1v) is 11.5. The molecule has 0 bridgehead atoms. The van der Waals surface area contributed by atoms with E-state index in [1.165, 1.54) is 0 Å². The summed E-state index contributed by atoms with van der Waals surface area (Å²) < 4.78 is 0. The van der Waals surface area contributed by atoms with Gasteiger partial charge in [0.05, 0.1) is 6.61 Å². The van der Waals surface area contributed by atoms with E-state index in [0.717, 1.165) is 22.3 Å². The van der Waals surface area contributed by atoms with Crippen LogP contribution in [0.25, 0.3) is 16.9 Å². The molecule has 9 heteroatoms. The van der Waals surface area contributed by atoms with Gasteiger partial charge < -0.3 is 15.6 Å². The van der Waals surface area contributed by atoms with Crippen molar-refractivity contribution < 1.29 is 50.7 Å². The number of nitrogens with one attached hydrogen (secondary N) is 2. The quantitative estimate of drug-likeness (QED) is 0.172. The van der Waals surface area contributed by atoms with Crippen LogP contribution in [0.3, 0.4) is 0 Å². The molecule has 198 valence electrons. The fraction of sp³-hybridized carbons (Fsp3) is 0.462. The van der Waals surface area contributed by atoms with Gasteiger partial charge in [-0.15, -0.1) is 6.04 Å². The Morgan fingerprint density at radius 1 is 1.00 bits per heavy atom. The first-order valence-electron chi connectivity index (χ1n) is 11.5. The van der Waals surface area contributed by atoms with Gasteiger partial charge >= 0.3 is 5.97 Å². The SMILES string of the molecule is C=O.CC.CC.CC(C)[NH-].O=C(O)C(CCCOO)NOC1c2ccccc2-c2ccccc21.[W]. The number of hydrogen-bond acceptors (Lipinski definition) is 6.